The predicted octanol–water partition coefficient (Wildman–Crippen LogP) is 0.307. The maximum Gasteiger partial charge on any atom is 0.230 e. The highest BCUT2D eigenvalue weighted by molar-refractivity contribution is 5.93. The van der Waals surface area contributed by atoms with Gasteiger partial charge in [0.25, 0.3) is 0 Å². The van der Waals surface area contributed by atoms with Gasteiger partial charge in [0.1, 0.15) is 5.60 Å². The molecule has 4 atom stereocenters. The monoisotopic (exact) mass is 361 g/mol. The number of amides is 3. The van der Waals surface area contributed by atoms with Gasteiger partial charge in [-0.15, -0.1) is 0 Å². The molecular formula is C19H27N3O4. The molecule has 26 heavy (non-hydrogen) atoms. The molecule has 3 fully saturated rings. The highest BCUT2D eigenvalue weighted by atomic mass is 16.5. The Morgan fingerprint density at radius 3 is 2.69 bits per heavy atom. The lowest BCUT2D eigenvalue weighted by Crippen LogP contribution is -2.46. The van der Waals surface area contributed by atoms with Crippen LogP contribution < -0.4 is 5.32 Å². The highest BCUT2D eigenvalue weighted by Gasteiger charge is 2.67. The molecule has 7 nitrogen and oxygen atoms in total. The minimum Gasteiger partial charge on any atom is -0.360 e. The highest BCUT2D eigenvalue weighted by Crippen LogP contribution is 2.52. The van der Waals surface area contributed by atoms with Gasteiger partial charge in [0, 0.05) is 33.1 Å². The van der Waals surface area contributed by atoms with Crippen molar-refractivity contribution in [2.45, 2.75) is 44.3 Å². The Balaban J connectivity index is 1.50. The lowest BCUT2D eigenvalue weighted by Gasteiger charge is -2.29. The summed E-state index contributed by atoms with van der Waals surface area (Å²) in [7, 11) is 0. The predicted molar refractivity (Wildman–Crippen MR) is 94.0 cm³/mol. The van der Waals surface area contributed by atoms with Gasteiger partial charge in [-0.25, -0.2) is 0 Å². The lowest BCUT2D eigenvalue weighted by molar-refractivity contribution is -0.143. The number of hydrogen-bond donors (Lipinski definition) is 1. The molecule has 4 rings (SSSR count). The second-order valence-electron chi connectivity index (χ2n) is 7.88. The Kier molecular flexibility index (Phi) is 4.50. The van der Waals surface area contributed by atoms with E-state index in [0.29, 0.717) is 19.6 Å². The topological polar surface area (TPSA) is 79.0 Å². The van der Waals surface area contributed by atoms with Gasteiger partial charge in [-0.05, 0) is 12.8 Å². The molecule has 142 valence electrons. The summed E-state index contributed by atoms with van der Waals surface area (Å²) in [6.07, 6.45) is 8.05. The Labute approximate surface area is 153 Å². The third kappa shape index (κ3) is 2.82. The van der Waals surface area contributed by atoms with Crippen molar-refractivity contribution in [1.29, 1.82) is 0 Å². The number of carbonyl (C=O) groups is 3. The number of nitrogens with zero attached hydrogens (tertiary/aromatic N) is 2. The first-order valence-corrected chi connectivity index (χ1v) is 9.71. The van der Waals surface area contributed by atoms with Crippen LogP contribution in [0.4, 0.5) is 0 Å². The summed E-state index contributed by atoms with van der Waals surface area (Å²) in [6, 6.07) is 0. The van der Waals surface area contributed by atoms with Crippen LogP contribution in [0.25, 0.3) is 0 Å². The number of hydrogen-bond acceptors (Lipinski definition) is 4. The summed E-state index contributed by atoms with van der Waals surface area (Å²) in [5, 5.41) is 2.73. The summed E-state index contributed by atoms with van der Waals surface area (Å²) < 4.78 is 6.16. The average molecular weight is 361 g/mol. The zero-order valence-electron chi connectivity index (χ0n) is 15.3. The molecule has 2 bridgehead atoms. The van der Waals surface area contributed by atoms with E-state index in [1.54, 1.807) is 4.90 Å². The molecular weight excluding hydrogens is 334 g/mol. The van der Waals surface area contributed by atoms with Crippen LogP contribution in [0.5, 0.6) is 0 Å². The minimum atomic E-state index is -0.663. The molecule has 0 unspecified atom stereocenters. The third-order valence-electron chi connectivity index (χ3n) is 6.14. The summed E-state index contributed by atoms with van der Waals surface area (Å²) >= 11 is 0. The van der Waals surface area contributed by atoms with E-state index in [1.807, 2.05) is 17.1 Å². The van der Waals surface area contributed by atoms with Gasteiger partial charge >= 0.3 is 0 Å². The van der Waals surface area contributed by atoms with Gasteiger partial charge in [-0.1, -0.05) is 25.0 Å². The number of rotatable bonds is 4. The zero-order chi connectivity index (χ0) is 18.3. The van der Waals surface area contributed by atoms with E-state index >= 15 is 0 Å². The largest absolute Gasteiger partial charge is 0.360 e. The van der Waals surface area contributed by atoms with Crippen molar-refractivity contribution in [3.63, 3.8) is 0 Å². The van der Waals surface area contributed by atoms with Crippen LogP contribution in [0.15, 0.2) is 12.2 Å². The number of nitrogens with one attached hydrogen (secondary N) is 1. The maximum atomic E-state index is 13.2. The SMILES string of the molecule is CC(=O)NCCN1C[C@]23C=C[C@H](O2)[C@H](C(=O)N2CCCCCC2)[C@@H]3C1=O. The molecule has 0 aromatic carbocycles. The van der Waals surface area contributed by atoms with E-state index in [-0.39, 0.29) is 23.8 Å². The van der Waals surface area contributed by atoms with Gasteiger partial charge < -0.3 is 19.9 Å². The summed E-state index contributed by atoms with van der Waals surface area (Å²) in [6.45, 7) is 4.36. The van der Waals surface area contributed by atoms with E-state index in [4.69, 9.17) is 4.74 Å². The van der Waals surface area contributed by atoms with Crippen LogP contribution in [0.1, 0.15) is 32.6 Å². The first-order chi connectivity index (χ1) is 12.5. The van der Waals surface area contributed by atoms with Gasteiger partial charge in [0.05, 0.1) is 24.5 Å². The summed E-state index contributed by atoms with van der Waals surface area (Å²) in [4.78, 5) is 41.0. The first kappa shape index (κ1) is 17.5. The Morgan fingerprint density at radius 1 is 1.27 bits per heavy atom. The smallest absolute Gasteiger partial charge is 0.230 e. The molecule has 0 aromatic rings. The number of likely N-dealkylation sites (tertiary alicyclic amines) is 2. The number of ether oxygens (including phenoxy) is 1. The van der Waals surface area contributed by atoms with Crippen LogP contribution in [0, 0.1) is 11.8 Å². The molecule has 4 heterocycles. The Morgan fingerprint density at radius 2 is 2.00 bits per heavy atom. The lowest BCUT2D eigenvalue weighted by atomic mass is 9.76. The van der Waals surface area contributed by atoms with Gasteiger partial charge in [0.15, 0.2) is 0 Å². The summed E-state index contributed by atoms with van der Waals surface area (Å²) in [5.41, 5.74) is -0.663. The van der Waals surface area contributed by atoms with Crippen molar-refractivity contribution in [3.8, 4) is 0 Å². The average Bonchev–Trinajstić information content (AvgIpc) is 3.13. The van der Waals surface area contributed by atoms with Crippen LogP contribution in [-0.2, 0) is 19.1 Å². The second kappa shape index (κ2) is 6.68. The molecule has 4 aliphatic rings. The maximum absolute atomic E-state index is 13.2. The van der Waals surface area contributed by atoms with Gasteiger partial charge in [-0.2, -0.15) is 0 Å². The second-order valence-corrected chi connectivity index (χ2v) is 7.88. The van der Waals surface area contributed by atoms with Crippen molar-refractivity contribution in [1.82, 2.24) is 15.1 Å². The Bertz CT molecular complexity index is 641. The number of carbonyl (C=O) groups excluding carboxylic acids is 3. The standard InChI is InChI=1S/C19H27N3O4/c1-13(23)20-8-11-22-12-19-7-6-14(26-19)15(16(19)18(22)25)17(24)21-9-4-2-3-5-10-21/h6-7,14-16H,2-5,8-12H2,1H3,(H,20,23)/t14-,15-,16+,19-/m0/s1. The van der Waals surface area contributed by atoms with E-state index in [0.717, 1.165) is 38.8 Å². The van der Waals surface area contributed by atoms with Crippen molar-refractivity contribution in [3.05, 3.63) is 12.2 Å². The fraction of sp³-hybridized carbons (Fsp3) is 0.737. The molecule has 0 saturated carbocycles. The minimum absolute atomic E-state index is 0.0182. The van der Waals surface area contributed by atoms with Crippen molar-refractivity contribution >= 4 is 17.7 Å². The molecule has 0 aromatic heterocycles. The quantitative estimate of drug-likeness (QED) is 0.731. The van der Waals surface area contributed by atoms with Gasteiger partial charge in [-0.3, -0.25) is 14.4 Å². The molecule has 1 N–H and O–H groups in total. The fourth-order valence-electron chi connectivity index (χ4n) is 4.92. The van der Waals surface area contributed by atoms with Crippen molar-refractivity contribution < 1.29 is 19.1 Å². The van der Waals surface area contributed by atoms with Crippen molar-refractivity contribution in [2.75, 3.05) is 32.7 Å². The van der Waals surface area contributed by atoms with E-state index in [1.165, 1.54) is 6.92 Å². The van der Waals surface area contributed by atoms with Crippen LogP contribution in [0.3, 0.4) is 0 Å². The molecule has 3 saturated heterocycles. The van der Waals surface area contributed by atoms with E-state index in [9.17, 15) is 14.4 Å². The molecule has 4 aliphatic heterocycles. The van der Waals surface area contributed by atoms with Crippen LogP contribution >= 0.6 is 0 Å². The van der Waals surface area contributed by atoms with Crippen LogP contribution in [-0.4, -0.2) is 72.0 Å². The van der Waals surface area contributed by atoms with Gasteiger partial charge in [0.2, 0.25) is 17.7 Å². The third-order valence-corrected chi connectivity index (χ3v) is 6.14. The fourth-order valence-corrected chi connectivity index (χ4v) is 4.92. The normalized spacial score (nSPS) is 35.6. The zero-order valence-corrected chi connectivity index (χ0v) is 15.3. The first-order valence-electron chi connectivity index (χ1n) is 9.71. The van der Waals surface area contributed by atoms with E-state index < -0.39 is 17.4 Å². The van der Waals surface area contributed by atoms with Crippen LogP contribution in [0.2, 0.25) is 0 Å². The molecule has 0 aliphatic carbocycles. The molecule has 3 amide bonds. The molecule has 0 radical (unpaired) electrons. The number of fused-ring (bicyclic) bond motifs is 1. The summed E-state index contributed by atoms with van der Waals surface area (Å²) in [5.74, 6) is -0.885. The van der Waals surface area contributed by atoms with Crippen molar-refractivity contribution in [2.24, 2.45) is 11.8 Å². The molecule has 1 spiro atoms. The molecule has 7 heteroatoms. The Hall–Kier alpha value is -1.89. The van der Waals surface area contributed by atoms with E-state index in [2.05, 4.69) is 5.32 Å².